The quantitative estimate of drug-likeness (QED) is 0.197. The summed E-state index contributed by atoms with van der Waals surface area (Å²) in [6.45, 7) is 24.3. The third kappa shape index (κ3) is 9.14. The van der Waals surface area contributed by atoms with Gasteiger partial charge in [-0.15, -0.1) is 6.58 Å². The first-order chi connectivity index (χ1) is 18.0. The molecule has 5 atom stereocenters. The predicted octanol–water partition coefficient (Wildman–Crippen LogP) is 7.89. The van der Waals surface area contributed by atoms with Crippen LogP contribution in [0.5, 0.6) is 5.75 Å². The molecule has 0 heterocycles. The van der Waals surface area contributed by atoms with E-state index >= 15 is 0 Å². The Morgan fingerprint density at radius 2 is 1.79 bits per heavy atom. The molecule has 0 aliphatic heterocycles. The molecule has 0 aromatic heterocycles. The van der Waals surface area contributed by atoms with E-state index in [-0.39, 0.29) is 40.3 Å². The Bertz CT molecular complexity index is 973. The molecule has 2 unspecified atom stereocenters. The highest BCUT2D eigenvalue weighted by molar-refractivity contribution is 6.74. The molecule has 6 heteroatoms. The minimum atomic E-state index is -2.09. The molecule has 1 aromatic rings. The third-order valence-electron chi connectivity index (χ3n) is 8.82. The van der Waals surface area contributed by atoms with E-state index in [0.29, 0.717) is 13.0 Å². The van der Waals surface area contributed by atoms with Gasteiger partial charge in [0.1, 0.15) is 11.9 Å². The number of hydrogen-bond acceptors (Lipinski definition) is 5. The first kappa shape index (κ1) is 33.5. The summed E-state index contributed by atoms with van der Waals surface area (Å²) in [5, 5.41) is 11.0. The summed E-state index contributed by atoms with van der Waals surface area (Å²) in [5.74, 6) is 0.474. The van der Waals surface area contributed by atoms with Crippen molar-refractivity contribution >= 4 is 14.1 Å². The lowest BCUT2D eigenvalue weighted by molar-refractivity contribution is -0.139. The predicted molar refractivity (Wildman–Crippen MR) is 164 cm³/mol. The molecule has 1 aliphatic carbocycles. The van der Waals surface area contributed by atoms with E-state index in [1.807, 2.05) is 30.3 Å². The minimum Gasteiger partial charge on any atom is -0.497 e. The van der Waals surface area contributed by atoms with Gasteiger partial charge in [-0.05, 0) is 73.3 Å². The Morgan fingerprint density at radius 3 is 2.33 bits per heavy atom. The number of hydrogen-bond donors (Lipinski definition) is 1. The van der Waals surface area contributed by atoms with Gasteiger partial charge in [-0.1, -0.05) is 71.4 Å². The van der Waals surface area contributed by atoms with Crippen molar-refractivity contribution in [2.45, 2.75) is 117 Å². The number of aliphatic hydroxyl groups is 1. The second kappa shape index (κ2) is 13.8. The van der Waals surface area contributed by atoms with Gasteiger partial charge in [0.25, 0.3) is 0 Å². The smallest absolute Gasteiger partial charge is 0.192 e. The maximum atomic E-state index is 12.7. The SMILES string of the molecule is C=CCC(C)(C)C(CC/C(C)=C/[C@@H]1C(O)C(=O)C[C@H](C)[C@H]1O[Si](C)(C)C(C)(C)C)OCc1ccc(OC)cc1. The van der Waals surface area contributed by atoms with Crippen LogP contribution in [-0.4, -0.2) is 44.6 Å². The van der Waals surface area contributed by atoms with Gasteiger partial charge in [0.05, 0.1) is 25.9 Å². The Hall–Kier alpha value is -1.73. The Labute approximate surface area is 239 Å². The highest BCUT2D eigenvalue weighted by Crippen LogP contribution is 2.42. The van der Waals surface area contributed by atoms with E-state index in [2.05, 4.69) is 74.2 Å². The van der Waals surface area contributed by atoms with Crippen LogP contribution in [0.1, 0.15) is 79.7 Å². The average Bonchev–Trinajstić information content (AvgIpc) is 2.84. The molecule has 0 bridgehead atoms. The molecule has 0 saturated heterocycles. The number of benzene rings is 1. The van der Waals surface area contributed by atoms with E-state index in [1.165, 1.54) is 0 Å². The fraction of sp³-hybridized carbons (Fsp3) is 0.667. The van der Waals surface area contributed by atoms with Crippen molar-refractivity contribution < 1.29 is 23.8 Å². The molecule has 220 valence electrons. The highest BCUT2D eigenvalue weighted by atomic mass is 28.4. The van der Waals surface area contributed by atoms with Crippen LogP contribution in [-0.2, 0) is 20.6 Å². The molecule has 1 fully saturated rings. The van der Waals surface area contributed by atoms with Gasteiger partial charge in [0, 0.05) is 12.3 Å². The molecule has 1 N–H and O–H groups in total. The molecule has 2 rings (SSSR count). The van der Waals surface area contributed by atoms with Crippen LogP contribution in [0.2, 0.25) is 18.1 Å². The minimum absolute atomic E-state index is 0.0112. The van der Waals surface area contributed by atoms with Crippen LogP contribution in [0.3, 0.4) is 0 Å². The number of aliphatic hydroxyl groups excluding tert-OH is 1. The van der Waals surface area contributed by atoms with Crippen molar-refractivity contribution in [2.75, 3.05) is 7.11 Å². The van der Waals surface area contributed by atoms with Crippen molar-refractivity contribution in [3.8, 4) is 5.75 Å². The number of ketones is 1. The van der Waals surface area contributed by atoms with Gasteiger partial charge in [0.2, 0.25) is 0 Å². The van der Waals surface area contributed by atoms with Crippen LogP contribution >= 0.6 is 0 Å². The van der Waals surface area contributed by atoms with Crippen molar-refractivity contribution in [3.05, 3.63) is 54.1 Å². The van der Waals surface area contributed by atoms with E-state index in [4.69, 9.17) is 13.9 Å². The molecule has 0 radical (unpaired) electrons. The number of Topliss-reactive ketones (excluding diaryl/α,β-unsaturated/α-hetero) is 1. The fourth-order valence-corrected chi connectivity index (χ4v) is 6.54. The monoisotopic (exact) mass is 558 g/mol. The maximum absolute atomic E-state index is 12.7. The summed E-state index contributed by atoms with van der Waals surface area (Å²) in [6, 6.07) is 7.98. The molecule has 0 spiro atoms. The van der Waals surface area contributed by atoms with E-state index < -0.39 is 14.4 Å². The summed E-state index contributed by atoms with van der Waals surface area (Å²) in [5.41, 5.74) is 2.17. The maximum Gasteiger partial charge on any atom is 0.192 e. The van der Waals surface area contributed by atoms with Crippen molar-refractivity contribution in [3.63, 3.8) is 0 Å². The number of rotatable bonds is 13. The summed E-state index contributed by atoms with van der Waals surface area (Å²) < 4.78 is 18.6. The number of carbonyl (C=O) groups is 1. The summed E-state index contributed by atoms with van der Waals surface area (Å²) in [7, 11) is -0.421. The van der Waals surface area contributed by atoms with Crippen LogP contribution in [0.25, 0.3) is 0 Å². The zero-order valence-corrected chi connectivity index (χ0v) is 27.2. The number of methoxy groups -OCH3 is 1. The largest absolute Gasteiger partial charge is 0.497 e. The van der Waals surface area contributed by atoms with Gasteiger partial charge in [-0.25, -0.2) is 0 Å². The average molecular weight is 559 g/mol. The van der Waals surface area contributed by atoms with Crippen LogP contribution in [0, 0.1) is 17.3 Å². The molecule has 5 nitrogen and oxygen atoms in total. The molecular formula is C33H54O5Si. The number of allylic oxidation sites excluding steroid dienone is 2. The van der Waals surface area contributed by atoms with E-state index in [1.54, 1.807) is 7.11 Å². The Morgan fingerprint density at radius 1 is 1.18 bits per heavy atom. The topological polar surface area (TPSA) is 65.0 Å². The summed E-state index contributed by atoms with van der Waals surface area (Å²) in [6.07, 6.45) is 5.73. The van der Waals surface area contributed by atoms with Crippen molar-refractivity contribution in [1.29, 1.82) is 0 Å². The zero-order valence-electron chi connectivity index (χ0n) is 26.2. The van der Waals surface area contributed by atoms with Gasteiger partial charge in [-0.3, -0.25) is 4.79 Å². The van der Waals surface area contributed by atoms with Crippen molar-refractivity contribution in [1.82, 2.24) is 0 Å². The molecule has 1 aromatic carbocycles. The number of ether oxygens (including phenoxy) is 2. The fourth-order valence-electron chi connectivity index (χ4n) is 5.12. The standard InChI is InChI=1S/C33H54O5Si/c1-12-19-33(7,8)29(37-22-25-14-16-26(36-9)17-15-25)18-13-23(2)20-27-30(35)28(34)21-24(3)31(27)38-39(10,11)32(4,5)6/h12,14-17,20,24,27,29-31,35H,1,13,18-19,21-22H2,2-11H3/b23-20+/t24-,27+,29?,30?,31+/m0/s1. The second-order valence-corrected chi connectivity index (χ2v) is 18.4. The lowest BCUT2D eigenvalue weighted by Gasteiger charge is -2.45. The highest BCUT2D eigenvalue weighted by Gasteiger charge is 2.47. The first-order valence-electron chi connectivity index (χ1n) is 14.4. The van der Waals surface area contributed by atoms with Crippen LogP contribution in [0.4, 0.5) is 0 Å². The molecule has 0 amide bonds. The lowest BCUT2D eigenvalue weighted by Crippen LogP contribution is -2.53. The van der Waals surface area contributed by atoms with Crippen molar-refractivity contribution in [2.24, 2.45) is 17.3 Å². The zero-order chi connectivity index (χ0) is 29.6. The normalized spacial score (nSPS) is 24.0. The summed E-state index contributed by atoms with van der Waals surface area (Å²) >= 11 is 0. The second-order valence-electron chi connectivity index (χ2n) is 13.7. The van der Waals surface area contributed by atoms with E-state index in [9.17, 15) is 9.90 Å². The number of carbonyl (C=O) groups excluding carboxylic acids is 1. The van der Waals surface area contributed by atoms with Gasteiger partial charge in [-0.2, -0.15) is 0 Å². The molecular weight excluding hydrogens is 504 g/mol. The molecule has 1 saturated carbocycles. The molecule has 1 aliphatic rings. The lowest BCUT2D eigenvalue weighted by atomic mass is 9.75. The van der Waals surface area contributed by atoms with E-state index in [0.717, 1.165) is 36.1 Å². The van der Waals surface area contributed by atoms with Gasteiger partial charge < -0.3 is 19.0 Å². The molecule has 39 heavy (non-hydrogen) atoms. The van der Waals surface area contributed by atoms with Gasteiger partial charge in [0.15, 0.2) is 14.1 Å². The Balaban J connectivity index is 2.21. The third-order valence-corrected chi connectivity index (χ3v) is 13.3. The van der Waals surface area contributed by atoms with Crippen LogP contribution < -0.4 is 4.74 Å². The first-order valence-corrected chi connectivity index (χ1v) is 17.3. The van der Waals surface area contributed by atoms with Crippen LogP contribution in [0.15, 0.2) is 48.6 Å². The summed E-state index contributed by atoms with van der Waals surface area (Å²) in [4.78, 5) is 12.7. The van der Waals surface area contributed by atoms with Gasteiger partial charge >= 0.3 is 0 Å². The Kier molecular flexibility index (Phi) is 11.8.